The van der Waals surface area contributed by atoms with Gasteiger partial charge in [0.1, 0.15) is 23.1 Å². The maximum atomic E-state index is 13.2. The lowest BCUT2D eigenvalue weighted by molar-refractivity contribution is -0.134. The van der Waals surface area contributed by atoms with E-state index in [1.807, 2.05) is 43.0 Å². The first-order valence-corrected chi connectivity index (χ1v) is 11.6. The first kappa shape index (κ1) is 23.7. The average Bonchev–Trinajstić information content (AvgIpc) is 3.08. The molecule has 1 amide bonds. The first-order chi connectivity index (χ1) is 15.8. The second-order valence-corrected chi connectivity index (χ2v) is 9.15. The number of carbonyl (C=O) groups excluding carboxylic acids is 1. The fourth-order valence-corrected chi connectivity index (χ4v) is 4.56. The molecule has 1 aliphatic heterocycles. The number of carbonyl (C=O) groups is 1. The number of ether oxygens (including phenoxy) is 1. The minimum atomic E-state index is -0.00103. The van der Waals surface area contributed by atoms with Gasteiger partial charge in [-0.3, -0.25) is 9.48 Å². The Balaban J connectivity index is 1.45. The Morgan fingerprint density at radius 1 is 1.18 bits per heavy atom. The fourth-order valence-electron chi connectivity index (χ4n) is 4.01. The maximum absolute atomic E-state index is 13.2. The highest BCUT2D eigenvalue weighted by Crippen LogP contribution is 2.31. The van der Waals surface area contributed by atoms with Gasteiger partial charge in [-0.1, -0.05) is 34.8 Å². The van der Waals surface area contributed by atoms with Crippen molar-refractivity contribution in [3.05, 3.63) is 57.4 Å². The summed E-state index contributed by atoms with van der Waals surface area (Å²) >= 11 is 18.5. The number of rotatable bonds is 5. The largest absolute Gasteiger partial charge is 0.495 e. The Morgan fingerprint density at radius 2 is 1.97 bits per heavy atom. The molecule has 0 saturated carbocycles. The molecule has 1 aromatic carbocycles. The molecule has 1 atom stereocenters. The van der Waals surface area contributed by atoms with Gasteiger partial charge in [0.25, 0.3) is 0 Å². The van der Waals surface area contributed by atoms with Gasteiger partial charge >= 0.3 is 0 Å². The molecule has 2 aromatic heterocycles. The standard InChI is InChI=1S/C23H24Cl3N5O2/c1-14-12-29(17-5-6-18(24)19(10-17)33-3)8-9-30(14)21(32)13-31-15(2)22(26)23(28-31)16-4-7-20(25)27-11-16/h4-7,10-11,14H,8-9,12-13H2,1-3H3/t14-/m0/s1. The Kier molecular flexibility index (Phi) is 7.02. The SMILES string of the molecule is COc1cc(N2CCN(C(=O)Cn3nc(-c4ccc(Cl)nc4)c(Cl)c3C)[C@@H](C)C2)ccc1Cl. The van der Waals surface area contributed by atoms with Crippen molar-refractivity contribution in [2.45, 2.75) is 26.4 Å². The quantitative estimate of drug-likeness (QED) is 0.456. The number of anilines is 1. The maximum Gasteiger partial charge on any atom is 0.244 e. The lowest BCUT2D eigenvalue weighted by Gasteiger charge is -2.41. The van der Waals surface area contributed by atoms with Crippen LogP contribution in [-0.2, 0) is 11.3 Å². The van der Waals surface area contributed by atoms with E-state index in [2.05, 4.69) is 15.0 Å². The van der Waals surface area contributed by atoms with E-state index in [9.17, 15) is 4.79 Å². The monoisotopic (exact) mass is 507 g/mol. The first-order valence-electron chi connectivity index (χ1n) is 10.5. The molecule has 4 rings (SSSR count). The van der Waals surface area contributed by atoms with Crippen LogP contribution in [0.2, 0.25) is 15.2 Å². The average molecular weight is 509 g/mol. The van der Waals surface area contributed by atoms with Gasteiger partial charge in [0, 0.05) is 49.2 Å². The highest BCUT2D eigenvalue weighted by Gasteiger charge is 2.29. The molecule has 0 unspecified atom stereocenters. The van der Waals surface area contributed by atoms with E-state index in [-0.39, 0.29) is 18.5 Å². The third-order valence-corrected chi connectivity index (χ3v) is 6.86. The number of nitrogens with zero attached hydrogens (tertiary/aromatic N) is 5. The second-order valence-electron chi connectivity index (χ2n) is 7.98. The topological polar surface area (TPSA) is 63.5 Å². The number of hydrogen-bond acceptors (Lipinski definition) is 5. The molecule has 3 aromatic rings. The molecule has 10 heteroatoms. The van der Waals surface area contributed by atoms with Crippen LogP contribution in [0.15, 0.2) is 36.5 Å². The highest BCUT2D eigenvalue weighted by molar-refractivity contribution is 6.34. The molecule has 1 aliphatic rings. The molecular weight excluding hydrogens is 485 g/mol. The number of pyridine rings is 1. The third kappa shape index (κ3) is 4.90. The smallest absolute Gasteiger partial charge is 0.244 e. The van der Waals surface area contributed by atoms with Crippen molar-refractivity contribution < 1.29 is 9.53 Å². The Hall–Kier alpha value is -2.48. The van der Waals surface area contributed by atoms with Gasteiger partial charge in [0.2, 0.25) is 5.91 Å². The fraction of sp³-hybridized carbons (Fsp3) is 0.348. The minimum Gasteiger partial charge on any atom is -0.495 e. The van der Waals surface area contributed by atoms with Gasteiger partial charge in [0.05, 0.1) is 22.8 Å². The number of halogens is 3. The van der Waals surface area contributed by atoms with Gasteiger partial charge in [-0.15, -0.1) is 0 Å². The zero-order chi connectivity index (χ0) is 23.7. The number of amides is 1. The summed E-state index contributed by atoms with van der Waals surface area (Å²) in [5, 5.41) is 6.05. The number of methoxy groups -OCH3 is 1. The lowest BCUT2D eigenvalue weighted by Crippen LogP contribution is -2.54. The molecule has 0 bridgehead atoms. The molecule has 0 N–H and O–H groups in total. The summed E-state index contributed by atoms with van der Waals surface area (Å²) in [4.78, 5) is 21.4. The van der Waals surface area contributed by atoms with E-state index in [1.54, 1.807) is 24.1 Å². The summed E-state index contributed by atoms with van der Waals surface area (Å²) in [5.74, 6) is 0.636. The molecular formula is C23H24Cl3N5O2. The molecule has 1 saturated heterocycles. The predicted molar refractivity (Wildman–Crippen MR) is 132 cm³/mol. The van der Waals surface area contributed by atoms with Crippen molar-refractivity contribution in [2.75, 3.05) is 31.6 Å². The van der Waals surface area contributed by atoms with Gasteiger partial charge in [-0.2, -0.15) is 5.10 Å². The van der Waals surface area contributed by atoms with Crippen LogP contribution in [0.1, 0.15) is 12.6 Å². The van der Waals surface area contributed by atoms with Gasteiger partial charge in [0.15, 0.2) is 0 Å². The number of piperazine rings is 1. The predicted octanol–water partition coefficient (Wildman–Crippen LogP) is 4.96. The molecule has 0 spiro atoms. The van der Waals surface area contributed by atoms with Crippen LogP contribution in [0, 0.1) is 6.92 Å². The molecule has 33 heavy (non-hydrogen) atoms. The summed E-state index contributed by atoms with van der Waals surface area (Å²) in [6, 6.07) is 9.24. The van der Waals surface area contributed by atoms with E-state index in [0.29, 0.717) is 46.3 Å². The van der Waals surface area contributed by atoms with Crippen molar-refractivity contribution in [3.63, 3.8) is 0 Å². The molecule has 0 aliphatic carbocycles. The zero-order valence-corrected chi connectivity index (χ0v) is 20.8. The molecule has 7 nitrogen and oxygen atoms in total. The highest BCUT2D eigenvalue weighted by atomic mass is 35.5. The molecule has 0 radical (unpaired) electrons. The van der Waals surface area contributed by atoms with Gasteiger partial charge in [-0.25, -0.2) is 4.98 Å². The van der Waals surface area contributed by atoms with E-state index < -0.39 is 0 Å². The van der Waals surface area contributed by atoms with Crippen LogP contribution >= 0.6 is 34.8 Å². The molecule has 1 fully saturated rings. The van der Waals surface area contributed by atoms with Crippen LogP contribution in [0.4, 0.5) is 5.69 Å². The van der Waals surface area contributed by atoms with Crippen molar-refractivity contribution in [2.24, 2.45) is 0 Å². The van der Waals surface area contributed by atoms with Crippen LogP contribution in [0.5, 0.6) is 5.75 Å². The second kappa shape index (κ2) is 9.79. The zero-order valence-electron chi connectivity index (χ0n) is 18.6. The molecule has 3 heterocycles. The van der Waals surface area contributed by atoms with Crippen LogP contribution < -0.4 is 9.64 Å². The van der Waals surface area contributed by atoms with Crippen molar-refractivity contribution >= 4 is 46.4 Å². The minimum absolute atomic E-state index is 0.00103. The van der Waals surface area contributed by atoms with E-state index in [1.165, 1.54) is 0 Å². The van der Waals surface area contributed by atoms with Crippen LogP contribution in [0.25, 0.3) is 11.3 Å². The van der Waals surface area contributed by atoms with Crippen molar-refractivity contribution in [1.82, 2.24) is 19.7 Å². The van der Waals surface area contributed by atoms with E-state index in [0.717, 1.165) is 16.9 Å². The van der Waals surface area contributed by atoms with Gasteiger partial charge in [-0.05, 0) is 38.1 Å². The number of hydrogen-bond donors (Lipinski definition) is 0. The summed E-state index contributed by atoms with van der Waals surface area (Å²) in [5.41, 5.74) is 3.08. The van der Waals surface area contributed by atoms with E-state index in [4.69, 9.17) is 39.5 Å². The molecule has 174 valence electrons. The summed E-state index contributed by atoms with van der Waals surface area (Å²) in [7, 11) is 1.60. The summed E-state index contributed by atoms with van der Waals surface area (Å²) in [6.07, 6.45) is 1.62. The summed E-state index contributed by atoms with van der Waals surface area (Å²) in [6.45, 7) is 6.03. The lowest BCUT2D eigenvalue weighted by atomic mass is 10.1. The van der Waals surface area contributed by atoms with Crippen molar-refractivity contribution in [1.29, 1.82) is 0 Å². The Bertz CT molecular complexity index is 1170. The summed E-state index contributed by atoms with van der Waals surface area (Å²) < 4.78 is 6.99. The van der Waals surface area contributed by atoms with Crippen molar-refractivity contribution in [3.8, 4) is 17.0 Å². The third-order valence-electron chi connectivity index (χ3n) is 5.87. The Morgan fingerprint density at radius 3 is 2.64 bits per heavy atom. The number of benzene rings is 1. The van der Waals surface area contributed by atoms with Crippen LogP contribution in [-0.4, -0.2) is 58.4 Å². The van der Waals surface area contributed by atoms with Gasteiger partial charge < -0.3 is 14.5 Å². The van der Waals surface area contributed by atoms with E-state index >= 15 is 0 Å². The number of aromatic nitrogens is 3. The Labute approximate surface area is 207 Å². The normalized spacial score (nSPS) is 16.2. The van der Waals surface area contributed by atoms with Crippen LogP contribution in [0.3, 0.4) is 0 Å².